The molecule has 0 aromatic heterocycles. The summed E-state index contributed by atoms with van der Waals surface area (Å²) >= 11 is 2.60. The third-order valence-electron chi connectivity index (χ3n) is 4.40. The Morgan fingerprint density at radius 3 is 2.38 bits per heavy atom. The summed E-state index contributed by atoms with van der Waals surface area (Å²) in [6, 6.07) is 0. The third kappa shape index (κ3) is 1.73. The summed E-state index contributed by atoms with van der Waals surface area (Å²) in [5.41, 5.74) is -0.196. The van der Waals surface area contributed by atoms with Crippen molar-refractivity contribution in [2.24, 2.45) is 11.8 Å². The Morgan fingerprint density at radius 1 is 1.25 bits per heavy atom. The molecule has 4 fully saturated rings. The lowest BCUT2D eigenvalue weighted by Crippen LogP contribution is -2.58. The first-order valence-corrected chi connectivity index (χ1v) is 7.06. The van der Waals surface area contributed by atoms with Crippen molar-refractivity contribution in [3.05, 3.63) is 0 Å². The van der Waals surface area contributed by atoms with Crippen LogP contribution >= 0.6 is 22.6 Å². The lowest BCUT2D eigenvalue weighted by atomic mass is 9.54. The second-order valence-corrected chi connectivity index (χ2v) is 8.14. The number of hydrogen-bond acceptors (Lipinski definition) is 3. The topological polar surface area (TPSA) is 35.5 Å². The van der Waals surface area contributed by atoms with Gasteiger partial charge in [0.25, 0.3) is 0 Å². The van der Waals surface area contributed by atoms with E-state index >= 15 is 0 Å². The number of methoxy groups -OCH3 is 1. The second-order valence-electron chi connectivity index (χ2n) is 5.85. The molecule has 4 bridgehead atoms. The van der Waals surface area contributed by atoms with Crippen LogP contribution in [-0.2, 0) is 9.47 Å². The van der Waals surface area contributed by atoms with Gasteiger partial charge in [-0.25, -0.2) is 4.79 Å². The van der Waals surface area contributed by atoms with E-state index < -0.39 is 6.16 Å². The molecule has 4 aliphatic carbocycles. The van der Waals surface area contributed by atoms with Crippen LogP contribution in [-0.4, -0.2) is 22.3 Å². The maximum Gasteiger partial charge on any atom is 0.508 e. The zero-order valence-corrected chi connectivity index (χ0v) is 11.7. The molecule has 4 aliphatic rings. The van der Waals surface area contributed by atoms with Crippen molar-refractivity contribution < 1.29 is 14.3 Å². The molecule has 0 saturated heterocycles. The first kappa shape index (κ1) is 11.1. The van der Waals surface area contributed by atoms with Crippen molar-refractivity contribution in [2.75, 3.05) is 7.11 Å². The fourth-order valence-corrected chi connectivity index (χ4v) is 6.35. The van der Waals surface area contributed by atoms with E-state index in [2.05, 4.69) is 27.3 Å². The standard InChI is InChI=1S/C12H17IO3/c1-15-10(14)16-12-5-8-2-9(6-12)4-11(13,3-8)7-12/h8-9H,2-7H2,1H3. The summed E-state index contributed by atoms with van der Waals surface area (Å²) < 4.78 is 10.6. The zero-order valence-electron chi connectivity index (χ0n) is 9.50. The van der Waals surface area contributed by atoms with Crippen LogP contribution in [0, 0.1) is 11.8 Å². The second kappa shape index (κ2) is 3.50. The van der Waals surface area contributed by atoms with Gasteiger partial charge in [0.15, 0.2) is 0 Å². The van der Waals surface area contributed by atoms with Crippen LogP contribution in [0.3, 0.4) is 0 Å². The van der Waals surface area contributed by atoms with Crippen molar-refractivity contribution in [1.29, 1.82) is 0 Å². The Labute approximate surface area is 109 Å². The highest BCUT2D eigenvalue weighted by Crippen LogP contribution is 2.62. The highest BCUT2D eigenvalue weighted by molar-refractivity contribution is 14.1. The van der Waals surface area contributed by atoms with E-state index in [1.54, 1.807) is 0 Å². The molecule has 0 aromatic carbocycles. The number of carbonyl (C=O) groups excluding carboxylic acids is 1. The monoisotopic (exact) mass is 336 g/mol. The van der Waals surface area contributed by atoms with Crippen molar-refractivity contribution >= 4 is 28.7 Å². The Bertz CT molecular complexity index is 314. The van der Waals surface area contributed by atoms with E-state index in [-0.39, 0.29) is 5.60 Å². The van der Waals surface area contributed by atoms with Gasteiger partial charge in [0, 0.05) is 9.84 Å². The van der Waals surface area contributed by atoms with Crippen LogP contribution < -0.4 is 0 Å². The number of carbonyl (C=O) groups is 1. The molecular weight excluding hydrogens is 319 g/mol. The van der Waals surface area contributed by atoms with Gasteiger partial charge in [0.2, 0.25) is 0 Å². The van der Waals surface area contributed by atoms with E-state index in [1.807, 2.05) is 0 Å². The molecular formula is C12H17IO3. The molecule has 90 valence electrons. The molecule has 0 aliphatic heterocycles. The predicted octanol–water partition coefficient (Wildman–Crippen LogP) is 3.30. The van der Waals surface area contributed by atoms with Gasteiger partial charge in [-0.15, -0.1) is 0 Å². The molecule has 4 rings (SSSR count). The molecule has 4 heteroatoms. The van der Waals surface area contributed by atoms with Crippen LogP contribution in [0.15, 0.2) is 0 Å². The normalized spacial score (nSPS) is 49.1. The highest BCUT2D eigenvalue weighted by Gasteiger charge is 2.58. The molecule has 0 radical (unpaired) electrons. The van der Waals surface area contributed by atoms with Gasteiger partial charge in [-0.05, 0) is 43.9 Å². The third-order valence-corrected chi connectivity index (χ3v) is 5.66. The van der Waals surface area contributed by atoms with Crippen molar-refractivity contribution in [1.82, 2.24) is 0 Å². The summed E-state index contributed by atoms with van der Waals surface area (Å²) in [5, 5.41) is 0. The summed E-state index contributed by atoms with van der Waals surface area (Å²) in [6.45, 7) is 0. The van der Waals surface area contributed by atoms with Gasteiger partial charge in [0.1, 0.15) is 5.60 Å². The molecule has 0 aromatic rings. The molecule has 0 heterocycles. The molecule has 2 unspecified atom stereocenters. The average Bonchev–Trinajstić information content (AvgIpc) is 2.12. The van der Waals surface area contributed by atoms with Crippen LogP contribution in [0.5, 0.6) is 0 Å². The van der Waals surface area contributed by atoms with Gasteiger partial charge >= 0.3 is 6.16 Å². The Balaban J connectivity index is 1.83. The van der Waals surface area contributed by atoms with Gasteiger partial charge in [0.05, 0.1) is 7.11 Å². The van der Waals surface area contributed by atoms with Gasteiger partial charge in [-0.1, -0.05) is 22.6 Å². The van der Waals surface area contributed by atoms with Crippen LogP contribution in [0.25, 0.3) is 0 Å². The average molecular weight is 336 g/mol. The van der Waals surface area contributed by atoms with Gasteiger partial charge < -0.3 is 9.47 Å². The van der Waals surface area contributed by atoms with E-state index in [0.29, 0.717) is 3.42 Å². The number of halogens is 1. The molecule has 0 amide bonds. The summed E-state index contributed by atoms with van der Waals surface area (Å²) in [6.07, 6.45) is 6.63. The molecule has 0 N–H and O–H groups in total. The first-order chi connectivity index (χ1) is 7.53. The molecule has 16 heavy (non-hydrogen) atoms. The maximum atomic E-state index is 11.4. The fraction of sp³-hybridized carbons (Fsp3) is 0.917. The summed E-state index contributed by atoms with van der Waals surface area (Å²) in [7, 11) is 1.39. The maximum absolute atomic E-state index is 11.4. The lowest BCUT2D eigenvalue weighted by molar-refractivity contribution is -0.128. The number of rotatable bonds is 1. The largest absolute Gasteiger partial charge is 0.508 e. The summed E-state index contributed by atoms with van der Waals surface area (Å²) in [5.74, 6) is 1.53. The Hall–Kier alpha value is 0. The van der Waals surface area contributed by atoms with E-state index in [4.69, 9.17) is 4.74 Å². The van der Waals surface area contributed by atoms with Gasteiger partial charge in [-0.2, -0.15) is 0 Å². The minimum Gasteiger partial charge on any atom is -0.438 e. The first-order valence-electron chi connectivity index (χ1n) is 5.98. The Kier molecular flexibility index (Phi) is 2.43. The number of hydrogen-bond donors (Lipinski definition) is 0. The minimum atomic E-state index is -0.498. The molecule has 4 saturated carbocycles. The predicted molar refractivity (Wildman–Crippen MR) is 67.7 cm³/mol. The zero-order chi connectivity index (χ0) is 11.4. The molecule has 3 nitrogen and oxygen atoms in total. The van der Waals surface area contributed by atoms with Crippen molar-refractivity contribution in [3.8, 4) is 0 Å². The fourth-order valence-electron chi connectivity index (χ4n) is 4.41. The molecule has 2 atom stereocenters. The van der Waals surface area contributed by atoms with E-state index in [0.717, 1.165) is 31.1 Å². The SMILES string of the molecule is COC(=O)OC12CC3CC(CC(I)(C3)C1)C2. The number of alkyl halides is 1. The smallest absolute Gasteiger partial charge is 0.438 e. The number of ether oxygens (including phenoxy) is 2. The molecule has 0 spiro atoms. The quantitative estimate of drug-likeness (QED) is 0.419. The van der Waals surface area contributed by atoms with Crippen LogP contribution in [0.2, 0.25) is 0 Å². The highest BCUT2D eigenvalue weighted by atomic mass is 127. The van der Waals surface area contributed by atoms with Crippen molar-refractivity contribution in [3.63, 3.8) is 0 Å². The summed E-state index contributed by atoms with van der Waals surface area (Å²) in [4.78, 5) is 11.4. The van der Waals surface area contributed by atoms with Crippen LogP contribution in [0.1, 0.15) is 38.5 Å². The van der Waals surface area contributed by atoms with Crippen LogP contribution in [0.4, 0.5) is 4.79 Å². The Morgan fingerprint density at radius 2 is 1.88 bits per heavy atom. The minimum absolute atomic E-state index is 0.196. The van der Waals surface area contributed by atoms with E-state index in [1.165, 1.54) is 26.4 Å². The van der Waals surface area contributed by atoms with Gasteiger partial charge in [-0.3, -0.25) is 0 Å². The van der Waals surface area contributed by atoms with E-state index in [9.17, 15) is 4.79 Å². The van der Waals surface area contributed by atoms with Crippen molar-refractivity contribution in [2.45, 2.75) is 47.5 Å². The lowest BCUT2D eigenvalue weighted by Gasteiger charge is -2.59.